The van der Waals surface area contributed by atoms with E-state index in [9.17, 15) is 8.78 Å². The summed E-state index contributed by atoms with van der Waals surface area (Å²) in [6.45, 7) is 4.05. The molecule has 36 heavy (non-hydrogen) atoms. The number of piperidine rings is 1. The summed E-state index contributed by atoms with van der Waals surface area (Å²) in [5, 5.41) is 14.2. The van der Waals surface area contributed by atoms with E-state index in [-0.39, 0.29) is 12.5 Å². The van der Waals surface area contributed by atoms with Crippen molar-refractivity contribution < 1.29 is 18.3 Å². The molecule has 0 radical (unpaired) electrons. The van der Waals surface area contributed by atoms with E-state index in [2.05, 4.69) is 30.7 Å². The van der Waals surface area contributed by atoms with Gasteiger partial charge < -0.3 is 20.1 Å². The molecular weight excluding hydrogens is 470 g/mol. The number of halogens is 2. The number of fused-ring (bicyclic) bond motifs is 1. The third-order valence-corrected chi connectivity index (χ3v) is 6.70. The fourth-order valence-corrected chi connectivity index (χ4v) is 4.64. The predicted octanol–water partition coefficient (Wildman–Crippen LogP) is 4.06. The van der Waals surface area contributed by atoms with E-state index < -0.39 is 18.4 Å². The maximum atomic E-state index is 14.9. The minimum absolute atomic E-state index is 0.104. The molecule has 0 bridgehead atoms. The second kappa shape index (κ2) is 10.3. The predicted molar refractivity (Wildman–Crippen MR) is 132 cm³/mol. The minimum atomic E-state index is -1.05. The van der Waals surface area contributed by atoms with Crippen LogP contribution in [0.1, 0.15) is 13.3 Å². The summed E-state index contributed by atoms with van der Waals surface area (Å²) in [4.78, 5) is 6.67. The Labute approximate surface area is 207 Å². The van der Waals surface area contributed by atoms with Gasteiger partial charge in [-0.15, -0.1) is 5.10 Å². The number of ether oxygens (including phenoxy) is 2. The van der Waals surface area contributed by atoms with E-state index in [4.69, 9.17) is 15.0 Å². The largest absolute Gasteiger partial charge is 0.479 e. The van der Waals surface area contributed by atoms with E-state index in [0.717, 1.165) is 17.7 Å². The number of hydrogen-bond acceptors (Lipinski definition) is 9. The SMILES string of the molecule is COc1nc(NC2CCN(C3COC3)C[C@@H]2F)nn2ccc(-c3ccc(N=N)c(NC[C@H](C)F)c3)c12. The van der Waals surface area contributed by atoms with Crippen molar-refractivity contribution in [3.05, 3.63) is 30.5 Å². The van der Waals surface area contributed by atoms with E-state index in [1.165, 1.54) is 14.0 Å². The fourth-order valence-electron chi connectivity index (χ4n) is 4.64. The van der Waals surface area contributed by atoms with Crippen LogP contribution in [0, 0.1) is 5.53 Å². The molecule has 2 aromatic heterocycles. The first-order valence-electron chi connectivity index (χ1n) is 12.0. The van der Waals surface area contributed by atoms with Crippen molar-refractivity contribution in [3.63, 3.8) is 0 Å². The number of aromatic nitrogens is 3. The number of nitrogens with zero attached hydrogens (tertiary/aromatic N) is 5. The van der Waals surface area contributed by atoms with Crippen molar-refractivity contribution in [2.75, 3.05) is 50.6 Å². The molecule has 0 spiro atoms. The number of nitrogens with one attached hydrogen (secondary N) is 3. The van der Waals surface area contributed by atoms with Gasteiger partial charge in [-0.1, -0.05) is 6.07 Å². The van der Waals surface area contributed by atoms with Crippen LogP contribution < -0.4 is 15.4 Å². The lowest BCUT2D eigenvalue weighted by molar-refractivity contribution is -0.0794. The molecule has 2 aliphatic heterocycles. The highest BCUT2D eigenvalue weighted by Gasteiger charge is 2.35. The standard InChI is InChI=1S/C24H30F2N8O2/c1-14(25)10-28-21-9-15(3-4-20(21)31-27)17-5-8-34-22(17)23(35-2)30-24(32-34)29-19-6-7-33(11-18(19)26)16-12-36-13-16/h3-5,8-9,14,16,18-19,27-28H,6-7,10-13H2,1-2H3,(H,29,32)/t14-,18-,19?/m0/s1. The summed E-state index contributed by atoms with van der Waals surface area (Å²) < 4.78 is 40.8. The van der Waals surface area contributed by atoms with Crippen LogP contribution in [0.5, 0.6) is 5.88 Å². The lowest BCUT2D eigenvalue weighted by Gasteiger charge is -2.42. The van der Waals surface area contributed by atoms with Crippen molar-refractivity contribution in [2.24, 2.45) is 5.11 Å². The number of alkyl halides is 2. The zero-order valence-corrected chi connectivity index (χ0v) is 20.2. The van der Waals surface area contributed by atoms with Gasteiger partial charge in [0.15, 0.2) is 0 Å². The van der Waals surface area contributed by atoms with Gasteiger partial charge in [0.1, 0.15) is 23.5 Å². The Bertz CT molecular complexity index is 1230. The first-order valence-corrected chi connectivity index (χ1v) is 12.0. The smallest absolute Gasteiger partial charge is 0.244 e. The zero-order chi connectivity index (χ0) is 25.2. The second-order valence-corrected chi connectivity index (χ2v) is 9.21. The number of benzene rings is 1. The van der Waals surface area contributed by atoms with E-state index in [1.54, 1.807) is 16.8 Å². The van der Waals surface area contributed by atoms with Crippen LogP contribution in [0.15, 0.2) is 35.6 Å². The Morgan fingerprint density at radius 1 is 1.33 bits per heavy atom. The van der Waals surface area contributed by atoms with Crippen LogP contribution in [-0.2, 0) is 4.74 Å². The molecule has 10 nitrogen and oxygen atoms in total. The number of methoxy groups -OCH3 is 1. The Kier molecular flexibility index (Phi) is 6.97. The molecule has 12 heteroatoms. The molecule has 0 saturated carbocycles. The second-order valence-electron chi connectivity index (χ2n) is 9.21. The third kappa shape index (κ3) is 4.82. The monoisotopic (exact) mass is 500 g/mol. The maximum absolute atomic E-state index is 14.9. The average molecular weight is 501 g/mol. The highest BCUT2D eigenvalue weighted by molar-refractivity contribution is 5.87. The number of rotatable bonds is 9. The Morgan fingerprint density at radius 2 is 2.17 bits per heavy atom. The molecule has 1 aromatic carbocycles. The van der Waals surface area contributed by atoms with Gasteiger partial charge in [-0.05, 0) is 37.1 Å². The zero-order valence-electron chi connectivity index (χ0n) is 20.2. The van der Waals surface area contributed by atoms with Gasteiger partial charge in [-0.3, -0.25) is 4.90 Å². The normalized spacial score (nSPS) is 21.7. The van der Waals surface area contributed by atoms with Gasteiger partial charge in [-0.2, -0.15) is 10.1 Å². The Hall–Kier alpha value is -3.38. The van der Waals surface area contributed by atoms with Gasteiger partial charge >= 0.3 is 0 Å². The van der Waals surface area contributed by atoms with Crippen molar-refractivity contribution in [1.29, 1.82) is 5.53 Å². The summed E-state index contributed by atoms with van der Waals surface area (Å²) in [6, 6.07) is 7.13. The van der Waals surface area contributed by atoms with Crippen molar-refractivity contribution in [1.82, 2.24) is 19.5 Å². The van der Waals surface area contributed by atoms with Crippen LogP contribution in [0.3, 0.4) is 0 Å². The summed E-state index contributed by atoms with van der Waals surface area (Å²) in [7, 11) is 1.53. The molecule has 192 valence electrons. The summed E-state index contributed by atoms with van der Waals surface area (Å²) in [5.41, 5.74) is 10.6. The number of hydrogen-bond donors (Lipinski definition) is 3. The van der Waals surface area contributed by atoms with E-state index >= 15 is 0 Å². The topological polar surface area (TPSA) is 112 Å². The molecule has 3 aromatic rings. The third-order valence-electron chi connectivity index (χ3n) is 6.70. The summed E-state index contributed by atoms with van der Waals surface area (Å²) in [6.07, 6.45) is 0.319. The lowest BCUT2D eigenvalue weighted by atomic mass is 10.0. The quantitative estimate of drug-likeness (QED) is 0.380. The van der Waals surface area contributed by atoms with Crippen LogP contribution in [0.4, 0.5) is 26.1 Å². The van der Waals surface area contributed by atoms with Crippen molar-refractivity contribution in [3.8, 4) is 17.0 Å². The first-order chi connectivity index (χ1) is 17.5. The van der Waals surface area contributed by atoms with Gasteiger partial charge in [0.05, 0.1) is 38.1 Å². The molecule has 2 aliphatic rings. The van der Waals surface area contributed by atoms with Gasteiger partial charge in [0, 0.05) is 31.4 Å². The first kappa shape index (κ1) is 24.3. The van der Waals surface area contributed by atoms with Crippen LogP contribution in [0.25, 0.3) is 16.6 Å². The molecule has 2 saturated heterocycles. The average Bonchev–Trinajstić information content (AvgIpc) is 3.26. The molecule has 4 heterocycles. The van der Waals surface area contributed by atoms with Crippen LogP contribution in [-0.4, -0.2) is 83.9 Å². The number of likely N-dealkylation sites (tertiary alicyclic amines) is 1. The van der Waals surface area contributed by atoms with Crippen LogP contribution >= 0.6 is 0 Å². The van der Waals surface area contributed by atoms with Crippen molar-refractivity contribution >= 4 is 22.8 Å². The molecule has 1 unspecified atom stereocenters. The Balaban J connectivity index is 1.39. The minimum Gasteiger partial charge on any atom is -0.479 e. The van der Waals surface area contributed by atoms with E-state index in [1.807, 2.05) is 18.2 Å². The highest BCUT2D eigenvalue weighted by Crippen LogP contribution is 2.36. The van der Waals surface area contributed by atoms with Crippen molar-refractivity contribution in [2.45, 2.75) is 37.8 Å². The highest BCUT2D eigenvalue weighted by atomic mass is 19.1. The van der Waals surface area contributed by atoms with Gasteiger partial charge in [0.25, 0.3) is 0 Å². The van der Waals surface area contributed by atoms with E-state index in [0.29, 0.717) is 55.0 Å². The molecule has 3 atom stereocenters. The number of anilines is 2. The van der Waals surface area contributed by atoms with Crippen LogP contribution in [0.2, 0.25) is 0 Å². The van der Waals surface area contributed by atoms with Gasteiger partial charge in [0.2, 0.25) is 11.8 Å². The molecule has 3 N–H and O–H groups in total. The summed E-state index contributed by atoms with van der Waals surface area (Å²) >= 11 is 0. The molecule has 0 aliphatic carbocycles. The van der Waals surface area contributed by atoms with Gasteiger partial charge in [-0.25, -0.2) is 18.8 Å². The molecular formula is C24H30F2N8O2. The maximum Gasteiger partial charge on any atom is 0.244 e. The fraction of sp³-hybridized carbons (Fsp3) is 0.500. The Morgan fingerprint density at radius 3 is 2.83 bits per heavy atom. The molecule has 5 rings (SSSR count). The molecule has 2 fully saturated rings. The molecule has 0 amide bonds. The summed E-state index contributed by atoms with van der Waals surface area (Å²) in [5.74, 6) is 0.630. The lowest BCUT2D eigenvalue weighted by Crippen LogP contribution is -2.57.